The molecule has 4 atom stereocenters. The van der Waals surface area contributed by atoms with Crippen molar-refractivity contribution >= 4 is 20.4 Å². The molecule has 14 heteroatoms. The highest BCUT2D eigenvalue weighted by Crippen LogP contribution is 2.41. The van der Waals surface area contributed by atoms with Crippen LogP contribution in [0, 0.1) is 0 Å². The minimum absolute atomic E-state index is 0.307. The molecule has 4 aliphatic rings. The van der Waals surface area contributed by atoms with E-state index in [4.69, 9.17) is 18.9 Å². The maximum atomic E-state index is 12.8. The molecule has 4 rings (SSSR count). The Bertz CT molecular complexity index is 771. The summed E-state index contributed by atoms with van der Waals surface area (Å²) in [6.45, 7) is 4.38. The summed E-state index contributed by atoms with van der Waals surface area (Å²) < 4.78 is 77.9. The second kappa shape index (κ2) is 7.08. The summed E-state index contributed by atoms with van der Waals surface area (Å²) >= 11 is 0. The lowest BCUT2D eigenvalue weighted by atomic mass is 10.4. The molecule has 0 unspecified atom stereocenters. The fraction of sp³-hybridized carbons (Fsp3) is 1.00. The van der Waals surface area contributed by atoms with E-state index in [1.54, 1.807) is 0 Å². The molecule has 0 aromatic heterocycles. The van der Waals surface area contributed by atoms with Gasteiger partial charge in [-0.1, -0.05) is 13.8 Å². The van der Waals surface area contributed by atoms with Gasteiger partial charge in [0.1, 0.15) is 0 Å². The van der Waals surface area contributed by atoms with Gasteiger partial charge in [0.25, 0.3) is 20.4 Å². The van der Waals surface area contributed by atoms with Crippen LogP contribution in [0.25, 0.3) is 0 Å². The molecule has 4 heterocycles. The molecule has 0 bridgehead atoms. The Kier molecular flexibility index (Phi) is 5.27. The van der Waals surface area contributed by atoms with E-state index in [-0.39, 0.29) is 0 Å². The van der Waals surface area contributed by atoms with Gasteiger partial charge < -0.3 is 18.9 Å². The Hall–Kier alpha value is -0.420. The quantitative estimate of drug-likeness (QED) is 0.523. The van der Waals surface area contributed by atoms with Gasteiger partial charge in [-0.05, 0) is 12.8 Å². The predicted octanol–water partition coefficient (Wildman–Crippen LogP) is -1.16. The first-order valence-electron chi connectivity index (χ1n) is 9.26. The smallest absolute Gasteiger partial charge is 0.286 e. The molecule has 4 saturated heterocycles. The first kappa shape index (κ1) is 20.8. The third-order valence-electron chi connectivity index (χ3n) is 5.30. The van der Waals surface area contributed by atoms with Crippen LogP contribution in [-0.2, 0) is 39.4 Å². The summed E-state index contributed by atoms with van der Waals surface area (Å²) in [5.74, 6) is 0. The zero-order chi connectivity index (χ0) is 20.4. The van der Waals surface area contributed by atoms with Gasteiger partial charge in [0.2, 0.25) is 12.6 Å². The summed E-state index contributed by atoms with van der Waals surface area (Å²) in [5.41, 5.74) is 0. The molecule has 0 aromatic carbocycles. The summed E-state index contributed by atoms with van der Waals surface area (Å²) in [4.78, 5) is 0. The topological polar surface area (TPSA) is 118 Å². The lowest BCUT2D eigenvalue weighted by molar-refractivity contribution is -0.237. The molecule has 0 radical (unpaired) electrons. The maximum absolute atomic E-state index is 12.8. The molecule has 4 aliphatic heterocycles. The average Bonchev–Trinajstić information content (AvgIpc) is 3.32. The van der Waals surface area contributed by atoms with Crippen molar-refractivity contribution in [1.82, 2.24) is 17.2 Å². The molecule has 0 aliphatic carbocycles. The summed E-state index contributed by atoms with van der Waals surface area (Å²) in [7, 11) is -4.48. The Morgan fingerprint density at radius 3 is 1.36 bits per heavy atom. The zero-order valence-electron chi connectivity index (χ0n) is 16.2. The molecule has 12 nitrogen and oxygen atoms in total. The van der Waals surface area contributed by atoms with Crippen molar-refractivity contribution < 1.29 is 35.8 Å². The molecule has 0 N–H and O–H groups in total. The van der Waals surface area contributed by atoms with Gasteiger partial charge >= 0.3 is 0 Å². The maximum Gasteiger partial charge on any atom is 0.286 e. The molecular formula is C14H26N4O8S2. The van der Waals surface area contributed by atoms with Gasteiger partial charge in [-0.25, -0.2) is 0 Å². The number of hydrogen-bond donors (Lipinski definition) is 0. The first-order valence-corrected chi connectivity index (χ1v) is 12.1. The lowest BCUT2D eigenvalue weighted by Gasteiger charge is -2.26. The Labute approximate surface area is 165 Å². The van der Waals surface area contributed by atoms with Crippen molar-refractivity contribution in [1.29, 1.82) is 0 Å². The van der Waals surface area contributed by atoms with Gasteiger partial charge in [-0.3, -0.25) is 0 Å². The van der Waals surface area contributed by atoms with E-state index >= 15 is 0 Å². The van der Waals surface area contributed by atoms with Crippen molar-refractivity contribution in [2.24, 2.45) is 0 Å². The van der Waals surface area contributed by atoms with Crippen LogP contribution < -0.4 is 0 Å². The average molecular weight is 443 g/mol. The summed E-state index contributed by atoms with van der Waals surface area (Å²) in [5, 5.41) is 0. The molecule has 0 spiro atoms. The van der Waals surface area contributed by atoms with Gasteiger partial charge in [-0.2, -0.15) is 34.1 Å². The standard InChI is InChI=1S/C14H26N4O8S2/c1-5-7-17-11-12(18(8-6-2)28(17,21)22)26-14(25-11)13-23-9-10(24-13)16(4)27(19,20)15(9)3/h9-14H,5-8H2,1-4H3/t9-,10-,11-,12-/m1/s1. The number of ether oxygens (including phenoxy) is 4. The van der Waals surface area contributed by atoms with Crippen LogP contribution in [-0.4, -0.2) is 98.7 Å². The third-order valence-corrected chi connectivity index (χ3v) is 9.13. The number of rotatable bonds is 5. The van der Waals surface area contributed by atoms with E-state index < -0.39 is 57.9 Å². The highest BCUT2D eigenvalue weighted by Gasteiger charge is 2.62. The normalized spacial score (nSPS) is 39.7. The van der Waals surface area contributed by atoms with E-state index in [9.17, 15) is 16.8 Å². The van der Waals surface area contributed by atoms with E-state index in [1.807, 2.05) is 13.8 Å². The summed E-state index contributed by atoms with van der Waals surface area (Å²) in [6, 6.07) is 0. The number of nitrogens with zero attached hydrogens (tertiary/aromatic N) is 4. The number of fused-ring (bicyclic) bond motifs is 2. The van der Waals surface area contributed by atoms with Crippen LogP contribution in [0.5, 0.6) is 0 Å². The van der Waals surface area contributed by atoms with Crippen LogP contribution in [0.1, 0.15) is 26.7 Å². The molecule has 0 aromatic rings. The molecule has 4 fully saturated rings. The zero-order valence-corrected chi connectivity index (χ0v) is 17.8. The first-order chi connectivity index (χ1) is 13.1. The molecule has 0 saturated carbocycles. The lowest BCUT2D eigenvalue weighted by Crippen LogP contribution is -2.42. The highest BCUT2D eigenvalue weighted by atomic mass is 32.2. The fourth-order valence-electron chi connectivity index (χ4n) is 3.88. The van der Waals surface area contributed by atoms with Crippen LogP contribution in [0.15, 0.2) is 0 Å². The van der Waals surface area contributed by atoms with E-state index in [2.05, 4.69) is 0 Å². The minimum atomic E-state index is -3.67. The van der Waals surface area contributed by atoms with Gasteiger partial charge in [0, 0.05) is 27.2 Å². The van der Waals surface area contributed by atoms with Gasteiger partial charge in [0.15, 0.2) is 24.9 Å². The molecule has 28 heavy (non-hydrogen) atoms. The highest BCUT2D eigenvalue weighted by molar-refractivity contribution is 7.87. The van der Waals surface area contributed by atoms with Crippen LogP contribution in [0.4, 0.5) is 0 Å². The van der Waals surface area contributed by atoms with Crippen LogP contribution in [0.3, 0.4) is 0 Å². The summed E-state index contributed by atoms with van der Waals surface area (Å²) in [6.07, 6.45) is -3.93. The Morgan fingerprint density at radius 2 is 1.00 bits per heavy atom. The SMILES string of the molecule is CCCN1[C@@H]2OC(C3O[C@@H]4[C@@H](O3)N(C)S(=O)(=O)N4C)O[C@H]2N(CCC)S1(=O)=O. The van der Waals surface area contributed by atoms with Gasteiger partial charge in [-0.15, -0.1) is 0 Å². The van der Waals surface area contributed by atoms with E-state index in [1.165, 1.54) is 22.7 Å². The number of hydrogen-bond acceptors (Lipinski definition) is 8. The second-order valence-electron chi connectivity index (χ2n) is 7.11. The monoisotopic (exact) mass is 442 g/mol. The Balaban J connectivity index is 1.52. The third kappa shape index (κ3) is 2.85. The predicted molar refractivity (Wildman–Crippen MR) is 94.4 cm³/mol. The van der Waals surface area contributed by atoms with E-state index in [0.29, 0.717) is 25.9 Å². The van der Waals surface area contributed by atoms with Crippen molar-refractivity contribution in [3.05, 3.63) is 0 Å². The fourth-order valence-corrected chi connectivity index (χ4v) is 7.05. The van der Waals surface area contributed by atoms with Crippen molar-refractivity contribution in [2.45, 2.75) is 64.2 Å². The molecule has 162 valence electrons. The minimum Gasteiger partial charge on any atom is -0.324 e. The van der Waals surface area contributed by atoms with E-state index in [0.717, 1.165) is 8.61 Å². The van der Waals surface area contributed by atoms with Crippen molar-refractivity contribution in [3.8, 4) is 0 Å². The van der Waals surface area contributed by atoms with Crippen molar-refractivity contribution in [3.63, 3.8) is 0 Å². The molecule has 0 amide bonds. The van der Waals surface area contributed by atoms with Crippen molar-refractivity contribution in [2.75, 3.05) is 27.2 Å². The second-order valence-corrected chi connectivity index (χ2v) is 11.0. The van der Waals surface area contributed by atoms with Crippen LogP contribution >= 0.6 is 0 Å². The van der Waals surface area contributed by atoms with Gasteiger partial charge in [0.05, 0.1) is 0 Å². The molecular weight excluding hydrogens is 416 g/mol. The largest absolute Gasteiger partial charge is 0.324 e. The van der Waals surface area contributed by atoms with Crippen LogP contribution in [0.2, 0.25) is 0 Å². The number of likely N-dealkylation sites (N-methyl/N-ethyl adjacent to an activating group) is 2. The Morgan fingerprint density at radius 1 is 0.643 bits per heavy atom.